The molecule has 0 bridgehead atoms. The minimum Gasteiger partial charge on any atom is -0.207 e. The molecule has 2 aromatic rings. The Labute approximate surface area is 139 Å². The Morgan fingerprint density at radius 2 is 1.86 bits per heavy atom. The second kappa shape index (κ2) is 6.67. The van der Waals surface area contributed by atoms with Crippen LogP contribution in [0.25, 0.3) is 0 Å². The number of nitrogens with zero attached hydrogens (tertiary/aromatic N) is 1. The van der Waals surface area contributed by atoms with Crippen LogP contribution in [0.5, 0.6) is 0 Å². The first kappa shape index (κ1) is 16.8. The second-order valence-electron chi connectivity index (χ2n) is 4.65. The number of alkyl halides is 1. The summed E-state index contributed by atoms with van der Waals surface area (Å²) in [5.41, 5.74) is 0.885. The van der Waals surface area contributed by atoms with Crippen molar-refractivity contribution in [2.75, 3.05) is 7.05 Å². The molecule has 0 atom stereocenters. The van der Waals surface area contributed by atoms with Gasteiger partial charge >= 0.3 is 0 Å². The SMILES string of the molecule is Cc1sc(CCl)cc1S(=O)(=O)N(C)Cc1ccc(Cl)cc1. The predicted octanol–water partition coefficient (Wildman–Crippen LogP) is 4.27. The van der Waals surface area contributed by atoms with Crippen molar-refractivity contribution < 1.29 is 8.42 Å². The molecule has 1 aromatic carbocycles. The standard InChI is InChI=1S/C14H15Cl2NO2S2/c1-10-14(7-13(8-15)20-10)21(18,19)17(2)9-11-3-5-12(16)6-4-11/h3-7H,8-9H2,1-2H3. The van der Waals surface area contributed by atoms with Crippen molar-refractivity contribution >= 4 is 44.6 Å². The van der Waals surface area contributed by atoms with E-state index in [0.717, 1.165) is 15.3 Å². The summed E-state index contributed by atoms with van der Waals surface area (Å²) < 4.78 is 26.6. The van der Waals surface area contributed by atoms with Gasteiger partial charge in [0.05, 0.1) is 10.8 Å². The molecule has 0 fully saturated rings. The number of hydrogen-bond donors (Lipinski definition) is 0. The summed E-state index contributed by atoms with van der Waals surface area (Å²) in [5, 5.41) is 0.629. The molecule has 0 amide bonds. The minimum absolute atomic E-state index is 0.297. The van der Waals surface area contributed by atoms with Gasteiger partial charge < -0.3 is 0 Å². The number of aryl methyl sites for hydroxylation is 1. The summed E-state index contributed by atoms with van der Waals surface area (Å²) in [6.45, 7) is 2.09. The Morgan fingerprint density at radius 1 is 1.24 bits per heavy atom. The number of hydrogen-bond acceptors (Lipinski definition) is 3. The van der Waals surface area contributed by atoms with Gasteiger partial charge in [0.1, 0.15) is 0 Å². The lowest BCUT2D eigenvalue weighted by Crippen LogP contribution is -2.26. The third-order valence-electron chi connectivity index (χ3n) is 3.06. The average Bonchev–Trinajstić information content (AvgIpc) is 2.83. The second-order valence-corrected chi connectivity index (χ2v) is 8.71. The van der Waals surface area contributed by atoms with Crippen molar-refractivity contribution in [3.8, 4) is 0 Å². The molecule has 21 heavy (non-hydrogen) atoms. The van der Waals surface area contributed by atoms with Gasteiger partial charge in [-0.1, -0.05) is 23.7 Å². The smallest absolute Gasteiger partial charge is 0.207 e. The minimum atomic E-state index is -3.52. The lowest BCUT2D eigenvalue weighted by molar-refractivity contribution is 0.466. The van der Waals surface area contributed by atoms with Gasteiger partial charge in [-0.25, -0.2) is 8.42 Å². The monoisotopic (exact) mass is 363 g/mol. The van der Waals surface area contributed by atoms with Crippen molar-refractivity contribution in [1.29, 1.82) is 0 Å². The molecule has 1 aromatic heterocycles. The zero-order valence-electron chi connectivity index (χ0n) is 11.6. The Balaban J connectivity index is 2.25. The molecule has 0 aliphatic carbocycles. The maximum absolute atomic E-state index is 12.6. The van der Waals surface area contributed by atoms with E-state index in [1.54, 1.807) is 32.2 Å². The molecule has 0 aliphatic rings. The first-order valence-electron chi connectivity index (χ1n) is 6.20. The number of thiophene rings is 1. The maximum Gasteiger partial charge on any atom is 0.244 e. The molecule has 0 radical (unpaired) electrons. The molecule has 1 heterocycles. The summed E-state index contributed by atoms with van der Waals surface area (Å²) >= 11 is 13.0. The Bertz CT molecular complexity index is 724. The Hall–Kier alpha value is -0.590. The number of rotatable bonds is 5. The van der Waals surface area contributed by atoms with E-state index in [4.69, 9.17) is 23.2 Å². The Morgan fingerprint density at radius 3 is 2.38 bits per heavy atom. The van der Waals surface area contributed by atoms with Gasteiger partial charge in [-0.05, 0) is 30.7 Å². The molecule has 3 nitrogen and oxygen atoms in total. The highest BCUT2D eigenvalue weighted by molar-refractivity contribution is 7.89. The summed E-state index contributed by atoms with van der Waals surface area (Å²) in [5.74, 6) is 0.321. The third-order valence-corrected chi connectivity index (χ3v) is 6.87. The molecule has 0 unspecified atom stereocenters. The summed E-state index contributed by atoms with van der Waals surface area (Å²) in [6, 6.07) is 8.79. The molecule has 0 aliphatic heterocycles. The van der Waals surface area contributed by atoms with E-state index in [1.807, 2.05) is 12.1 Å². The maximum atomic E-state index is 12.6. The predicted molar refractivity (Wildman–Crippen MR) is 88.7 cm³/mol. The van der Waals surface area contributed by atoms with Gasteiger partial charge in [-0.15, -0.1) is 22.9 Å². The molecule has 0 saturated carbocycles. The summed E-state index contributed by atoms with van der Waals surface area (Å²) in [6.07, 6.45) is 0. The van der Waals surface area contributed by atoms with Gasteiger partial charge in [0.2, 0.25) is 10.0 Å². The molecule has 0 saturated heterocycles. The number of sulfonamides is 1. The molecule has 2 rings (SSSR count). The first-order valence-corrected chi connectivity index (χ1v) is 9.37. The van der Waals surface area contributed by atoms with Crippen LogP contribution in [0.3, 0.4) is 0 Å². The van der Waals surface area contributed by atoms with E-state index < -0.39 is 10.0 Å². The zero-order valence-corrected chi connectivity index (χ0v) is 14.8. The third kappa shape index (κ3) is 3.79. The van der Waals surface area contributed by atoms with Crippen LogP contribution >= 0.6 is 34.5 Å². The van der Waals surface area contributed by atoms with Crippen LogP contribution in [-0.4, -0.2) is 19.8 Å². The van der Waals surface area contributed by atoms with Crippen LogP contribution in [0.2, 0.25) is 5.02 Å². The van der Waals surface area contributed by atoms with E-state index in [1.165, 1.54) is 15.6 Å². The normalized spacial score (nSPS) is 12.0. The summed E-state index contributed by atoms with van der Waals surface area (Å²) in [4.78, 5) is 1.95. The molecular weight excluding hydrogens is 349 g/mol. The largest absolute Gasteiger partial charge is 0.244 e. The molecule has 7 heteroatoms. The quantitative estimate of drug-likeness (QED) is 0.743. The van der Waals surface area contributed by atoms with E-state index in [0.29, 0.717) is 22.3 Å². The molecule has 0 N–H and O–H groups in total. The van der Waals surface area contributed by atoms with Gasteiger partial charge in [-0.3, -0.25) is 0 Å². The highest BCUT2D eigenvalue weighted by Gasteiger charge is 2.24. The molecular formula is C14H15Cl2NO2S2. The van der Waals surface area contributed by atoms with Gasteiger partial charge in [-0.2, -0.15) is 4.31 Å². The van der Waals surface area contributed by atoms with Crippen LogP contribution in [0, 0.1) is 6.92 Å². The van der Waals surface area contributed by atoms with Gasteiger partial charge in [0.15, 0.2) is 0 Å². The van der Waals surface area contributed by atoms with E-state index in [-0.39, 0.29) is 0 Å². The lowest BCUT2D eigenvalue weighted by atomic mass is 10.2. The topological polar surface area (TPSA) is 37.4 Å². The van der Waals surface area contributed by atoms with E-state index in [2.05, 4.69) is 0 Å². The van der Waals surface area contributed by atoms with Crippen molar-refractivity contribution in [2.45, 2.75) is 24.2 Å². The van der Waals surface area contributed by atoms with Crippen molar-refractivity contribution in [2.24, 2.45) is 0 Å². The fourth-order valence-electron chi connectivity index (χ4n) is 1.95. The van der Waals surface area contributed by atoms with Gasteiger partial charge in [0, 0.05) is 28.4 Å². The van der Waals surface area contributed by atoms with Gasteiger partial charge in [0.25, 0.3) is 0 Å². The zero-order chi connectivity index (χ0) is 15.6. The van der Waals surface area contributed by atoms with Crippen LogP contribution in [-0.2, 0) is 22.4 Å². The van der Waals surface area contributed by atoms with Crippen LogP contribution in [0.15, 0.2) is 35.2 Å². The van der Waals surface area contributed by atoms with Crippen LogP contribution in [0.1, 0.15) is 15.3 Å². The highest BCUT2D eigenvalue weighted by Crippen LogP contribution is 2.29. The highest BCUT2D eigenvalue weighted by atomic mass is 35.5. The van der Waals surface area contributed by atoms with Crippen LogP contribution in [0.4, 0.5) is 0 Å². The van der Waals surface area contributed by atoms with Crippen molar-refractivity contribution in [3.63, 3.8) is 0 Å². The fraction of sp³-hybridized carbons (Fsp3) is 0.286. The fourth-order valence-corrected chi connectivity index (χ4v) is 4.92. The number of benzene rings is 1. The van der Waals surface area contributed by atoms with Crippen molar-refractivity contribution in [1.82, 2.24) is 4.31 Å². The van der Waals surface area contributed by atoms with Crippen LogP contribution < -0.4 is 0 Å². The first-order chi connectivity index (χ1) is 9.84. The van der Waals surface area contributed by atoms with E-state index >= 15 is 0 Å². The average molecular weight is 364 g/mol. The lowest BCUT2D eigenvalue weighted by Gasteiger charge is -2.17. The Kier molecular flexibility index (Phi) is 5.33. The number of halogens is 2. The molecule has 0 spiro atoms. The summed E-state index contributed by atoms with van der Waals surface area (Å²) in [7, 11) is -1.94. The van der Waals surface area contributed by atoms with Crippen molar-refractivity contribution in [3.05, 3.63) is 50.7 Å². The molecule has 114 valence electrons. The van der Waals surface area contributed by atoms with E-state index in [9.17, 15) is 8.42 Å².